The van der Waals surface area contributed by atoms with Gasteiger partial charge in [-0.1, -0.05) is 17.7 Å². The van der Waals surface area contributed by atoms with E-state index in [9.17, 15) is 5.26 Å². The maximum atomic E-state index is 9.52. The van der Waals surface area contributed by atoms with E-state index in [1.54, 1.807) is 20.3 Å². The quantitative estimate of drug-likeness (QED) is 0.583. The molecule has 1 fully saturated rings. The molecule has 31 heavy (non-hydrogen) atoms. The van der Waals surface area contributed by atoms with Gasteiger partial charge in [-0.3, -0.25) is 0 Å². The molecule has 1 atom stereocenters. The normalized spacial score (nSPS) is 15.9. The van der Waals surface area contributed by atoms with Crippen LogP contribution in [0.25, 0.3) is 10.8 Å². The molecule has 2 aromatic carbocycles. The van der Waals surface area contributed by atoms with Gasteiger partial charge in [0.2, 0.25) is 0 Å². The summed E-state index contributed by atoms with van der Waals surface area (Å²) in [5, 5.41) is 20.9. The van der Waals surface area contributed by atoms with Crippen LogP contribution in [0.4, 0.5) is 11.5 Å². The molecule has 4 rings (SSSR count). The third-order valence-corrected chi connectivity index (χ3v) is 6.05. The molecule has 1 aromatic heterocycles. The monoisotopic (exact) mass is 437 g/mol. The van der Waals surface area contributed by atoms with Crippen molar-refractivity contribution in [1.82, 2.24) is 10.2 Å². The number of nitrogens with two attached hydrogens (primary N) is 1. The minimum absolute atomic E-state index is 0.241. The molecule has 1 aliphatic heterocycles. The average molecular weight is 438 g/mol. The lowest BCUT2D eigenvalue weighted by Crippen LogP contribution is -2.34. The Hall–Kier alpha value is -3.08. The van der Waals surface area contributed by atoms with Crippen LogP contribution in [-0.4, -0.2) is 43.6 Å². The first-order valence-corrected chi connectivity index (χ1v) is 10.5. The van der Waals surface area contributed by atoms with E-state index in [4.69, 9.17) is 26.8 Å². The van der Waals surface area contributed by atoms with Crippen molar-refractivity contribution < 1.29 is 9.47 Å². The van der Waals surface area contributed by atoms with E-state index < -0.39 is 0 Å². The largest absolute Gasteiger partial charge is 0.495 e. The molecule has 0 bridgehead atoms. The van der Waals surface area contributed by atoms with Gasteiger partial charge in [0.05, 0.1) is 41.7 Å². The number of nitrogens with zero attached hydrogens (tertiary/aromatic N) is 4. The molecule has 0 spiro atoms. The van der Waals surface area contributed by atoms with Crippen LogP contribution in [-0.2, 0) is 11.2 Å². The SMILES string of the molecule is COC[C@@H]1CCCN1c1nnc(Cc2ccc(OC)c(Cl)c2)c2c(N)c(C#N)ccc12. The summed E-state index contributed by atoms with van der Waals surface area (Å²) in [4.78, 5) is 2.23. The average Bonchev–Trinajstić information content (AvgIpc) is 3.22. The second-order valence-electron chi connectivity index (χ2n) is 7.62. The van der Waals surface area contributed by atoms with Gasteiger partial charge in [0.1, 0.15) is 11.8 Å². The first-order valence-electron chi connectivity index (χ1n) is 10.1. The summed E-state index contributed by atoms with van der Waals surface area (Å²) in [5.41, 5.74) is 8.95. The molecule has 8 heteroatoms. The molecule has 0 saturated carbocycles. The Morgan fingerprint density at radius 1 is 1.26 bits per heavy atom. The molecule has 0 amide bonds. The maximum Gasteiger partial charge on any atom is 0.159 e. The number of methoxy groups -OCH3 is 2. The Balaban J connectivity index is 1.83. The lowest BCUT2D eigenvalue weighted by Gasteiger charge is -2.26. The maximum absolute atomic E-state index is 9.52. The molecular weight excluding hydrogens is 414 g/mol. The Morgan fingerprint density at radius 3 is 2.81 bits per heavy atom. The highest BCUT2D eigenvalue weighted by Crippen LogP contribution is 2.36. The summed E-state index contributed by atoms with van der Waals surface area (Å²) in [6.07, 6.45) is 2.58. The number of nitrogen functional groups attached to an aromatic ring is 1. The highest BCUT2D eigenvalue weighted by atomic mass is 35.5. The third-order valence-electron chi connectivity index (χ3n) is 5.76. The molecule has 2 N–H and O–H groups in total. The summed E-state index contributed by atoms with van der Waals surface area (Å²) in [7, 11) is 3.29. The Kier molecular flexibility index (Phi) is 6.12. The number of nitriles is 1. The van der Waals surface area contributed by atoms with Crippen molar-refractivity contribution in [3.05, 3.63) is 52.2 Å². The fraction of sp³-hybridized carbons (Fsp3) is 0.348. The minimum atomic E-state index is 0.241. The highest BCUT2D eigenvalue weighted by Gasteiger charge is 2.28. The number of aromatic nitrogens is 2. The van der Waals surface area contributed by atoms with Crippen LogP contribution in [0.3, 0.4) is 0 Å². The molecular formula is C23H24ClN5O2. The zero-order valence-corrected chi connectivity index (χ0v) is 18.3. The predicted molar refractivity (Wildman–Crippen MR) is 122 cm³/mol. The number of halogens is 1. The van der Waals surface area contributed by atoms with Crippen molar-refractivity contribution in [2.75, 3.05) is 38.0 Å². The van der Waals surface area contributed by atoms with Crippen molar-refractivity contribution >= 4 is 33.9 Å². The van der Waals surface area contributed by atoms with Crippen molar-refractivity contribution in [1.29, 1.82) is 5.26 Å². The standard InChI is InChI=1S/C23H24ClN5O2/c1-30-13-16-4-3-9-29(16)23-17-7-6-15(12-25)22(26)21(17)19(27-28-23)11-14-5-8-20(31-2)18(24)10-14/h5-8,10,16H,3-4,9,11,13,26H2,1-2H3/t16-/m0/s1. The van der Waals surface area contributed by atoms with Gasteiger partial charge in [0, 0.05) is 30.8 Å². The Morgan fingerprint density at radius 2 is 2.10 bits per heavy atom. The number of hydrogen-bond donors (Lipinski definition) is 1. The molecule has 160 valence electrons. The first-order chi connectivity index (χ1) is 15.1. The van der Waals surface area contributed by atoms with Crippen LogP contribution in [0.5, 0.6) is 5.75 Å². The van der Waals surface area contributed by atoms with Crippen LogP contribution in [0.1, 0.15) is 29.7 Å². The summed E-state index contributed by atoms with van der Waals surface area (Å²) >= 11 is 6.30. The zero-order valence-electron chi connectivity index (χ0n) is 17.6. The Bertz CT molecular complexity index is 1160. The lowest BCUT2D eigenvalue weighted by atomic mass is 10.00. The number of rotatable bonds is 6. The van der Waals surface area contributed by atoms with Crippen molar-refractivity contribution in [2.24, 2.45) is 0 Å². The molecule has 2 heterocycles. The number of fused-ring (bicyclic) bond motifs is 1. The van der Waals surface area contributed by atoms with E-state index in [0.29, 0.717) is 40.7 Å². The van der Waals surface area contributed by atoms with Crippen LogP contribution in [0, 0.1) is 11.3 Å². The van der Waals surface area contributed by atoms with Gasteiger partial charge in [-0.2, -0.15) is 10.4 Å². The molecule has 0 aliphatic carbocycles. The molecule has 1 saturated heterocycles. The van der Waals surface area contributed by atoms with E-state index in [1.807, 2.05) is 24.3 Å². The van der Waals surface area contributed by atoms with Crippen LogP contribution in [0.15, 0.2) is 30.3 Å². The first kappa shape index (κ1) is 21.2. The lowest BCUT2D eigenvalue weighted by molar-refractivity contribution is 0.180. The van der Waals surface area contributed by atoms with Gasteiger partial charge < -0.3 is 20.1 Å². The summed E-state index contributed by atoms with van der Waals surface area (Å²) in [5.74, 6) is 1.39. The molecule has 0 radical (unpaired) electrons. The van der Waals surface area contributed by atoms with E-state index >= 15 is 0 Å². The summed E-state index contributed by atoms with van der Waals surface area (Å²) in [6.45, 7) is 1.51. The van der Waals surface area contributed by atoms with Crippen molar-refractivity contribution in [3.8, 4) is 11.8 Å². The number of benzene rings is 2. The van der Waals surface area contributed by atoms with Crippen LogP contribution < -0.4 is 15.4 Å². The summed E-state index contributed by atoms with van der Waals surface area (Å²) < 4.78 is 10.6. The second kappa shape index (κ2) is 8.96. The molecule has 1 aliphatic rings. The van der Waals surface area contributed by atoms with E-state index in [0.717, 1.165) is 41.5 Å². The Labute approximate surface area is 186 Å². The third kappa shape index (κ3) is 3.97. The topological polar surface area (TPSA) is 97.3 Å². The van der Waals surface area contributed by atoms with Gasteiger partial charge in [0.15, 0.2) is 5.82 Å². The fourth-order valence-corrected chi connectivity index (χ4v) is 4.54. The van der Waals surface area contributed by atoms with Gasteiger partial charge >= 0.3 is 0 Å². The van der Waals surface area contributed by atoms with Crippen molar-refractivity contribution in [2.45, 2.75) is 25.3 Å². The van der Waals surface area contributed by atoms with E-state index in [2.05, 4.69) is 21.2 Å². The van der Waals surface area contributed by atoms with Gasteiger partial charge in [-0.05, 0) is 42.7 Å². The van der Waals surface area contributed by atoms with Crippen LogP contribution in [0.2, 0.25) is 5.02 Å². The van der Waals surface area contributed by atoms with Gasteiger partial charge in [-0.15, -0.1) is 5.10 Å². The second-order valence-corrected chi connectivity index (χ2v) is 8.03. The minimum Gasteiger partial charge on any atom is -0.495 e. The molecule has 0 unspecified atom stereocenters. The molecule has 3 aromatic rings. The van der Waals surface area contributed by atoms with Crippen molar-refractivity contribution in [3.63, 3.8) is 0 Å². The smallest absolute Gasteiger partial charge is 0.159 e. The van der Waals surface area contributed by atoms with E-state index in [-0.39, 0.29) is 6.04 Å². The molecule has 7 nitrogen and oxygen atoms in total. The number of ether oxygens (including phenoxy) is 2. The zero-order chi connectivity index (χ0) is 22.0. The highest BCUT2D eigenvalue weighted by molar-refractivity contribution is 6.32. The number of anilines is 2. The van der Waals surface area contributed by atoms with Gasteiger partial charge in [0.25, 0.3) is 0 Å². The van der Waals surface area contributed by atoms with Crippen LogP contribution >= 0.6 is 11.6 Å². The van der Waals surface area contributed by atoms with E-state index in [1.165, 1.54) is 0 Å². The summed E-state index contributed by atoms with van der Waals surface area (Å²) in [6, 6.07) is 11.7. The number of hydrogen-bond acceptors (Lipinski definition) is 7. The predicted octanol–water partition coefficient (Wildman–Crippen LogP) is 3.95. The fourth-order valence-electron chi connectivity index (χ4n) is 4.26. The van der Waals surface area contributed by atoms with Gasteiger partial charge in [-0.25, -0.2) is 0 Å².